The molecule has 0 aliphatic carbocycles. The zero-order valence-corrected chi connectivity index (χ0v) is 20.8. The molecule has 0 aromatic carbocycles. The fraction of sp³-hybridized carbons (Fsp3) is 0.409. The van der Waals surface area contributed by atoms with Crippen LogP contribution in [0.2, 0.25) is 0 Å². The van der Waals surface area contributed by atoms with Crippen LogP contribution in [0.1, 0.15) is 33.8 Å². The van der Waals surface area contributed by atoms with Gasteiger partial charge in [-0.05, 0) is 69.0 Å². The first-order chi connectivity index (χ1) is 16.3. The molecule has 182 valence electrons. The number of carboxylic acids is 1. The summed E-state index contributed by atoms with van der Waals surface area (Å²) < 4.78 is 28.0. The third-order valence-corrected chi connectivity index (χ3v) is 9.66. The van der Waals surface area contributed by atoms with E-state index in [9.17, 15) is 23.1 Å². The van der Waals surface area contributed by atoms with Crippen LogP contribution in [0.4, 0.5) is 0 Å². The van der Waals surface area contributed by atoms with Gasteiger partial charge in [0.05, 0.1) is 8.89 Å². The van der Waals surface area contributed by atoms with Gasteiger partial charge in [0.1, 0.15) is 10.9 Å². The second kappa shape index (κ2) is 10.9. The molecule has 0 spiro atoms. The summed E-state index contributed by atoms with van der Waals surface area (Å²) in [5, 5.41) is 16.4. The van der Waals surface area contributed by atoms with Gasteiger partial charge in [-0.3, -0.25) is 14.6 Å². The molecule has 9 nitrogen and oxygen atoms in total. The molecule has 34 heavy (non-hydrogen) atoms. The Labute approximate surface area is 205 Å². The summed E-state index contributed by atoms with van der Waals surface area (Å²) >= 11 is 3.05. The average molecular weight is 523 g/mol. The molecule has 0 radical (unpaired) electrons. The smallest absolute Gasteiger partial charge is 0.323 e. The van der Waals surface area contributed by atoms with Crippen molar-refractivity contribution in [2.75, 3.05) is 19.6 Å². The van der Waals surface area contributed by atoms with E-state index in [0.29, 0.717) is 4.88 Å². The summed E-state index contributed by atoms with van der Waals surface area (Å²) in [4.78, 5) is 29.5. The van der Waals surface area contributed by atoms with E-state index in [1.807, 2.05) is 0 Å². The minimum absolute atomic E-state index is 0.151. The monoisotopic (exact) mass is 522 g/mol. The highest BCUT2D eigenvalue weighted by Gasteiger charge is 2.26. The molecule has 3 aromatic rings. The molecule has 0 saturated carbocycles. The van der Waals surface area contributed by atoms with E-state index in [0.717, 1.165) is 41.0 Å². The Balaban J connectivity index is 1.34. The first-order valence-electron chi connectivity index (χ1n) is 11.0. The number of aliphatic carboxylic acids is 1. The first kappa shape index (κ1) is 24.7. The number of sulfonamides is 1. The number of hydrogen-bond donors (Lipinski definition) is 4. The Hall–Kier alpha value is -2.38. The number of pyridine rings is 1. The third-order valence-electron chi connectivity index (χ3n) is 5.75. The lowest BCUT2D eigenvalue weighted by atomic mass is 9.93. The predicted molar refractivity (Wildman–Crippen MR) is 132 cm³/mol. The first-order valence-corrected chi connectivity index (χ1v) is 14.1. The van der Waals surface area contributed by atoms with Gasteiger partial charge in [0.15, 0.2) is 0 Å². The number of fused-ring (bicyclic) bond motifs is 1. The normalized spacial score (nSPS) is 15.9. The van der Waals surface area contributed by atoms with Crippen molar-refractivity contribution in [3.8, 4) is 0 Å². The number of carboxylic acid groups (broad SMARTS) is 1. The molecule has 1 aliphatic rings. The highest BCUT2D eigenvalue weighted by atomic mass is 32.2. The average Bonchev–Trinajstić information content (AvgIpc) is 3.40. The van der Waals surface area contributed by atoms with Gasteiger partial charge in [-0.2, -0.15) is 4.72 Å². The molecule has 1 saturated heterocycles. The van der Waals surface area contributed by atoms with Gasteiger partial charge >= 0.3 is 5.97 Å². The summed E-state index contributed by atoms with van der Waals surface area (Å²) in [6.07, 6.45) is 7.19. The summed E-state index contributed by atoms with van der Waals surface area (Å²) in [6.45, 7) is 1.80. The van der Waals surface area contributed by atoms with Crippen molar-refractivity contribution in [2.45, 2.75) is 36.6 Å². The molecule has 12 heteroatoms. The third kappa shape index (κ3) is 6.19. The lowest BCUT2D eigenvalue weighted by Gasteiger charge is -2.22. The predicted octanol–water partition coefficient (Wildman–Crippen LogP) is 2.45. The Kier molecular flexibility index (Phi) is 7.94. The van der Waals surface area contributed by atoms with E-state index in [1.54, 1.807) is 17.4 Å². The molecule has 0 bridgehead atoms. The van der Waals surface area contributed by atoms with E-state index in [-0.39, 0.29) is 11.4 Å². The Morgan fingerprint density at radius 2 is 2.03 bits per heavy atom. The largest absolute Gasteiger partial charge is 0.480 e. The maximum atomic E-state index is 12.6. The number of aromatic nitrogens is 1. The minimum atomic E-state index is -4.09. The lowest BCUT2D eigenvalue weighted by molar-refractivity contribution is -0.138. The summed E-state index contributed by atoms with van der Waals surface area (Å²) in [7, 11) is -4.09. The van der Waals surface area contributed by atoms with Crippen LogP contribution in [0.3, 0.4) is 0 Å². The fourth-order valence-electron chi connectivity index (χ4n) is 3.87. The van der Waals surface area contributed by atoms with Crippen LogP contribution in [0.25, 0.3) is 9.40 Å². The van der Waals surface area contributed by atoms with Crippen LogP contribution in [-0.4, -0.2) is 56.1 Å². The molecule has 0 unspecified atom stereocenters. The molecular formula is C22H26N4O5S3. The van der Waals surface area contributed by atoms with Crippen LogP contribution < -0.4 is 15.4 Å². The number of carbonyl (C=O) groups is 2. The van der Waals surface area contributed by atoms with Crippen molar-refractivity contribution < 1.29 is 23.1 Å². The van der Waals surface area contributed by atoms with Crippen molar-refractivity contribution in [1.82, 2.24) is 20.3 Å². The quantitative estimate of drug-likeness (QED) is 0.321. The van der Waals surface area contributed by atoms with Gasteiger partial charge in [-0.1, -0.05) is 0 Å². The Morgan fingerprint density at radius 3 is 2.71 bits per heavy atom. The molecule has 1 amide bonds. The van der Waals surface area contributed by atoms with Crippen molar-refractivity contribution in [3.05, 3.63) is 46.4 Å². The van der Waals surface area contributed by atoms with Gasteiger partial charge in [-0.15, -0.1) is 22.7 Å². The fourth-order valence-corrected chi connectivity index (χ4v) is 7.44. The Bertz CT molecular complexity index is 1220. The minimum Gasteiger partial charge on any atom is -0.480 e. The van der Waals surface area contributed by atoms with E-state index >= 15 is 0 Å². The SMILES string of the molecule is O=C(NC[C@@H](NS(=O)(=O)c1cccnc1)C(=O)O)c1cc2cc(CCC3CCNCC3)sc2s1. The Morgan fingerprint density at radius 1 is 1.24 bits per heavy atom. The van der Waals surface area contributed by atoms with E-state index < -0.39 is 27.9 Å². The van der Waals surface area contributed by atoms with Crippen LogP contribution in [0, 0.1) is 5.92 Å². The van der Waals surface area contributed by atoms with Crippen LogP contribution in [-0.2, 0) is 21.2 Å². The van der Waals surface area contributed by atoms with Crippen molar-refractivity contribution in [2.24, 2.45) is 5.92 Å². The number of piperidine rings is 1. The maximum absolute atomic E-state index is 12.6. The van der Waals surface area contributed by atoms with Gasteiger partial charge in [0, 0.05) is 29.2 Å². The van der Waals surface area contributed by atoms with Crippen LogP contribution in [0.5, 0.6) is 0 Å². The molecule has 3 aromatic heterocycles. The number of nitrogens with zero attached hydrogens (tertiary/aromatic N) is 1. The number of hydrogen-bond acceptors (Lipinski definition) is 8. The highest BCUT2D eigenvalue weighted by molar-refractivity contribution is 7.89. The number of amides is 1. The van der Waals surface area contributed by atoms with Crippen molar-refractivity contribution in [3.63, 3.8) is 0 Å². The molecule has 4 rings (SSSR count). The molecule has 1 fully saturated rings. The summed E-state index contributed by atoms with van der Waals surface area (Å²) in [5.41, 5.74) is 0. The van der Waals surface area contributed by atoms with E-state index in [1.165, 1.54) is 53.8 Å². The zero-order chi connectivity index (χ0) is 24.1. The van der Waals surface area contributed by atoms with Gasteiger partial charge in [-0.25, -0.2) is 8.42 Å². The maximum Gasteiger partial charge on any atom is 0.323 e. The van der Waals surface area contributed by atoms with Crippen molar-refractivity contribution in [1.29, 1.82) is 0 Å². The van der Waals surface area contributed by atoms with Gasteiger partial charge in [0.2, 0.25) is 10.0 Å². The molecule has 4 N–H and O–H groups in total. The number of carbonyl (C=O) groups excluding carboxylic acids is 1. The molecule has 4 heterocycles. The zero-order valence-electron chi connectivity index (χ0n) is 18.3. The molecule has 1 aliphatic heterocycles. The number of aryl methyl sites for hydroxylation is 1. The van der Waals surface area contributed by atoms with Crippen LogP contribution in [0.15, 0.2) is 41.6 Å². The van der Waals surface area contributed by atoms with Gasteiger partial charge in [0.25, 0.3) is 5.91 Å². The van der Waals surface area contributed by atoms with E-state index in [4.69, 9.17) is 0 Å². The van der Waals surface area contributed by atoms with Crippen LogP contribution >= 0.6 is 22.7 Å². The number of nitrogens with one attached hydrogen (secondary N) is 3. The topological polar surface area (TPSA) is 137 Å². The van der Waals surface area contributed by atoms with Gasteiger partial charge < -0.3 is 15.7 Å². The van der Waals surface area contributed by atoms with Crippen molar-refractivity contribution >= 4 is 54.0 Å². The summed E-state index contributed by atoms with van der Waals surface area (Å²) in [6, 6.07) is 5.15. The number of rotatable bonds is 10. The second-order valence-corrected chi connectivity index (χ2v) is 12.4. The second-order valence-electron chi connectivity index (χ2n) is 8.21. The highest BCUT2D eigenvalue weighted by Crippen LogP contribution is 2.35. The molecular weight excluding hydrogens is 496 g/mol. The standard InChI is InChI=1S/C22H26N4O5S3/c27-20(25-13-18(21(28)29)26-34(30,31)17-2-1-7-24-12-17)19-11-15-10-16(32-22(15)33-19)4-3-14-5-8-23-9-6-14/h1-2,7,10-12,14,18,23,26H,3-6,8-9,13H2,(H,25,27)(H,28,29)/t18-/m1/s1. The van der Waals surface area contributed by atoms with E-state index in [2.05, 4.69) is 26.4 Å². The molecule has 1 atom stereocenters. The summed E-state index contributed by atoms with van der Waals surface area (Å²) in [5.74, 6) is -1.06. The number of thiophene rings is 2. The lowest BCUT2D eigenvalue weighted by Crippen LogP contribution is -2.48.